The molecule has 0 aliphatic carbocycles. The van der Waals surface area contributed by atoms with Crippen molar-refractivity contribution >= 4 is 21.6 Å². The van der Waals surface area contributed by atoms with Gasteiger partial charge in [-0.25, -0.2) is 12.8 Å². The zero-order valence-electron chi connectivity index (χ0n) is 17.3. The van der Waals surface area contributed by atoms with Gasteiger partial charge in [0.05, 0.1) is 5.69 Å². The normalized spacial score (nSPS) is 18.2. The molecular weight excluding hydrogens is 407 g/mol. The summed E-state index contributed by atoms with van der Waals surface area (Å²) in [5.41, 5.74) is 1.47. The van der Waals surface area contributed by atoms with Crippen LogP contribution in [0.1, 0.15) is 29.0 Å². The van der Waals surface area contributed by atoms with E-state index in [2.05, 4.69) is 0 Å². The molecule has 0 spiro atoms. The SMILES string of the molecule is Cc1c(S(=O)(=O)N2CCCC2)cc(C(=O)N2CCN(c3ccccc3F)CC2)n1C. The minimum Gasteiger partial charge on any atom is -0.366 e. The Morgan fingerprint density at radius 1 is 1.00 bits per heavy atom. The highest BCUT2D eigenvalue weighted by Crippen LogP contribution is 2.27. The summed E-state index contributed by atoms with van der Waals surface area (Å²) >= 11 is 0. The number of carbonyl (C=O) groups is 1. The lowest BCUT2D eigenvalue weighted by Gasteiger charge is -2.36. The maximum absolute atomic E-state index is 14.0. The minimum atomic E-state index is -3.59. The maximum atomic E-state index is 14.0. The van der Waals surface area contributed by atoms with Crippen molar-refractivity contribution in [1.82, 2.24) is 13.8 Å². The van der Waals surface area contributed by atoms with Gasteiger partial charge in [-0.1, -0.05) is 12.1 Å². The number of hydrogen-bond donors (Lipinski definition) is 0. The molecule has 2 aromatic rings. The van der Waals surface area contributed by atoms with E-state index < -0.39 is 10.0 Å². The van der Waals surface area contributed by atoms with Crippen molar-refractivity contribution in [3.05, 3.63) is 47.5 Å². The summed E-state index contributed by atoms with van der Waals surface area (Å²) in [4.78, 5) is 17.0. The molecule has 2 fully saturated rings. The molecule has 2 saturated heterocycles. The first kappa shape index (κ1) is 20.9. The molecular formula is C21H27FN4O3S. The number of nitrogens with zero attached hydrogens (tertiary/aromatic N) is 4. The summed E-state index contributed by atoms with van der Waals surface area (Å²) in [7, 11) is -1.87. The summed E-state index contributed by atoms with van der Waals surface area (Å²) in [6.45, 7) is 4.73. The number of sulfonamides is 1. The Morgan fingerprint density at radius 3 is 2.27 bits per heavy atom. The summed E-state index contributed by atoms with van der Waals surface area (Å²) in [5.74, 6) is -0.469. The highest BCUT2D eigenvalue weighted by atomic mass is 32.2. The highest BCUT2D eigenvalue weighted by Gasteiger charge is 2.33. The van der Waals surface area contributed by atoms with Gasteiger partial charge >= 0.3 is 0 Å². The molecule has 0 unspecified atom stereocenters. The van der Waals surface area contributed by atoms with Crippen LogP contribution in [0.4, 0.5) is 10.1 Å². The molecule has 162 valence electrons. The predicted octanol–water partition coefficient (Wildman–Crippen LogP) is 2.22. The van der Waals surface area contributed by atoms with E-state index in [0.29, 0.717) is 56.3 Å². The van der Waals surface area contributed by atoms with Crippen LogP contribution in [0.3, 0.4) is 0 Å². The molecule has 2 aliphatic rings. The zero-order chi connectivity index (χ0) is 21.5. The van der Waals surface area contributed by atoms with Crippen molar-refractivity contribution in [2.45, 2.75) is 24.7 Å². The van der Waals surface area contributed by atoms with E-state index in [1.807, 2.05) is 4.90 Å². The van der Waals surface area contributed by atoms with Crippen LogP contribution in [-0.2, 0) is 17.1 Å². The van der Waals surface area contributed by atoms with E-state index in [-0.39, 0.29) is 16.6 Å². The highest BCUT2D eigenvalue weighted by molar-refractivity contribution is 7.89. The van der Waals surface area contributed by atoms with Crippen LogP contribution >= 0.6 is 0 Å². The lowest BCUT2D eigenvalue weighted by Crippen LogP contribution is -2.49. The van der Waals surface area contributed by atoms with Crippen molar-refractivity contribution in [2.24, 2.45) is 7.05 Å². The van der Waals surface area contributed by atoms with Crippen molar-refractivity contribution in [2.75, 3.05) is 44.2 Å². The van der Waals surface area contributed by atoms with E-state index in [4.69, 9.17) is 0 Å². The first-order valence-electron chi connectivity index (χ1n) is 10.3. The first-order valence-corrected chi connectivity index (χ1v) is 11.7. The smallest absolute Gasteiger partial charge is 0.270 e. The molecule has 3 heterocycles. The Bertz CT molecular complexity index is 1050. The third kappa shape index (κ3) is 3.60. The molecule has 0 bridgehead atoms. The fraction of sp³-hybridized carbons (Fsp3) is 0.476. The van der Waals surface area contributed by atoms with Gasteiger partial charge in [-0.2, -0.15) is 4.31 Å². The van der Waals surface area contributed by atoms with Crippen molar-refractivity contribution in [1.29, 1.82) is 0 Å². The fourth-order valence-electron chi connectivity index (χ4n) is 4.23. The Kier molecular flexibility index (Phi) is 5.59. The van der Waals surface area contributed by atoms with Gasteiger partial charge in [-0.3, -0.25) is 4.79 Å². The lowest BCUT2D eigenvalue weighted by molar-refractivity contribution is 0.0736. The van der Waals surface area contributed by atoms with Gasteiger partial charge in [-0.15, -0.1) is 0 Å². The number of hydrogen-bond acceptors (Lipinski definition) is 4. The fourth-order valence-corrected chi connectivity index (χ4v) is 6.01. The molecule has 0 atom stereocenters. The number of carbonyl (C=O) groups excluding carboxylic acids is 1. The lowest BCUT2D eigenvalue weighted by atomic mass is 10.2. The number of para-hydroxylation sites is 1. The third-order valence-electron chi connectivity index (χ3n) is 6.15. The quantitative estimate of drug-likeness (QED) is 0.740. The second-order valence-electron chi connectivity index (χ2n) is 7.88. The second kappa shape index (κ2) is 8.03. The molecule has 7 nitrogen and oxygen atoms in total. The van der Waals surface area contributed by atoms with Gasteiger partial charge in [0, 0.05) is 52.0 Å². The summed E-state index contributed by atoms with van der Waals surface area (Å²) in [6, 6.07) is 8.13. The van der Waals surface area contributed by atoms with Gasteiger partial charge in [0.15, 0.2) is 0 Å². The van der Waals surface area contributed by atoms with Crippen LogP contribution in [0, 0.1) is 12.7 Å². The summed E-state index contributed by atoms with van der Waals surface area (Å²) in [6.07, 6.45) is 1.73. The van der Waals surface area contributed by atoms with Crippen LogP contribution in [-0.4, -0.2) is 67.4 Å². The Morgan fingerprint density at radius 2 is 1.63 bits per heavy atom. The molecule has 1 aromatic carbocycles. The van der Waals surface area contributed by atoms with Gasteiger partial charge in [0.2, 0.25) is 10.0 Å². The number of piperazine rings is 1. The van der Waals surface area contributed by atoms with E-state index in [9.17, 15) is 17.6 Å². The number of anilines is 1. The van der Waals surface area contributed by atoms with E-state index >= 15 is 0 Å². The molecule has 9 heteroatoms. The molecule has 1 aromatic heterocycles. The molecule has 0 saturated carbocycles. The topological polar surface area (TPSA) is 65.9 Å². The second-order valence-corrected chi connectivity index (χ2v) is 9.79. The van der Waals surface area contributed by atoms with E-state index in [1.165, 1.54) is 16.4 Å². The molecule has 0 N–H and O–H groups in total. The number of amides is 1. The van der Waals surface area contributed by atoms with Crippen LogP contribution in [0.5, 0.6) is 0 Å². The molecule has 0 radical (unpaired) electrons. The van der Waals surface area contributed by atoms with Gasteiger partial charge in [-0.05, 0) is 38.0 Å². The van der Waals surface area contributed by atoms with E-state index in [1.54, 1.807) is 41.6 Å². The summed E-state index contributed by atoms with van der Waals surface area (Å²) < 4.78 is 43.2. The average Bonchev–Trinajstić information content (AvgIpc) is 3.38. The largest absolute Gasteiger partial charge is 0.366 e. The molecule has 30 heavy (non-hydrogen) atoms. The van der Waals surface area contributed by atoms with Crippen molar-refractivity contribution < 1.29 is 17.6 Å². The molecule has 4 rings (SSSR count). The minimum absolute atomic E-state index is 0.198. The van der Waals surface area contributed by atoms with Crippen molar-refractivity contribution in [3.63, 3.8) is 0 Å². The Hall–Kier alpha value is -2.39. The monoisotopic (exact) mass is 434 g/mol. The van der Waals surface area contributed by atoms with E-state index in [0.717, 1.165) is 12.8 Å². The van der Waals surface area contributed by atoms with Crippen LogP contribution in [0.2, 0.25) is 0 Å². The van der Waals surface area contributed by atoms with Crippen LogP contribution in [0.15, 0.2) is 35.2 Å². The van der Waals surface area contributed by atoms with Gasteiger partial charge in [0.1, 0.15) is 16.4 Å². The van der Waals surface area contributed by atoms with Gasteiger partial charge < -0.3 is 14.4 Å². The third-order valence-corrected chi connectivity index (χ3v) is 8.16. The first-order chi connectivity index (χ1) is 14.3. The molecule has 2 aliphatic heterocycles. The summed E-state index contributed by atoms with van der Waals surface area (Å²) in [5, 5.41) is 0. The standard InChI is InChI=1S/C21H27FN4O3S/c1-16-20(30(28,29)26-9-5-6-10-26)15-19(23(16)2)21(27)25-13-11-24(12-14-25)18-8-4-3-7-17(18)22/h3-4,7-8,15H,5-6,9-14H2,1-2H3. The van der Waals surface area contributed by atoms with Gasteiger partial charge in [0.25, 0.3) is 5.91 Å². The maximum Gasteiger partial charge on any atom is 0.270 e. The van der Waals surface area contributed by atoms with Crippen LogP contribution < -0.4 is 4.90 Å². The predicted molar refractivity (Wildman–Crippen MR) is 113 cm³/mol. The average molecular weight is 435 g/mol. The number of halogens is 1. The van der Waals surface area contributed by atoms with Crippen molar-refractivity contribution in [3.8, 4) is 0 Å². The number of rotatable bonds is 4. The Balaban J connectivity index is 1.51. The van der Waals surface area contributed by atoms with Crippen LogP contribution in [0.25, 0.3) is 0 Å². The number of aromatic nitrogens is 1. The number of benzene rings is 1. The Labute approximate surface area is 176 Å². The zero-order valence-corrected chi connectivity index (χ0v) is 18.2. The molecule has 1 amide bonds.